The van der Waals surface area contributed by atoms with Crippen molar-refractivity contribution >= 4 is 11.6 Å². The van der Waals surface area contributed by atoms with Gasteiger partial charge in [0.2, 0.25) is 5.88 Å². The second kappa shape index (κ2) is 12.9. The number of rotatable bonds is 11. The van der Waals surface area contributed by atoms with Crippen molar-refractivity contribution < 1.29 is 24.1 Å². The van der Waals surface area contributed by atoms with Gasteiger partial charge in [0.05, 0.1) is 25.5 Å². The summed E-state index contributed by atoms with van der Waals surface area (Å²) in [5.41, 5.74) is 1.40. The molecule has 0 spiro atoms. The summed E-state index contributed by atoms with van der Waals surface area (Å²) in [7, 11) is 1.59. The molecule has 9 heteroatoms. The highest BCUT2D eigenvalue weighted by atomic mass is 16.5. The van der Waals surface area contributed by atoms with Gasteiger partial charge in [0.15, 0.2) is 0 Å². The summed E-state index contributed by atoms with van der Waals surface area (Å²) in [5, 5.41) is 13.4. The molecule has 2 N–H and O–H groups in total. The lowest BCUT2D eigenvalue weighted by molar-refractivity contribution is 0.0849. The fourth-order valence-corrected chi connectivity index (χ4v) is 4.24. The maximum absolute atomic E-state index is 12.8. The zero-order valence-electron chi connectivity index (χ0n) is 21.3. The van der Waals surface area contributed by atoms with Crippen molar-refractivity contribution in [2.45, 2.75) is 13.0 Å². The Bertz CT molecular complexity index is 1150. The first-order valence-electron chi connectivity index (χ1n) is 12.5. The van der Waals surface area contributed by atoms with Crippen LogP contribution in [0.5, 0.6) is 23.1 Å². The number of pyridine rings is 1. The van der Waals surface area contributed by atoms with E-state index in [0.29, 0.717) is 30.2 Å². The minimum Gasteiger partial charge on any atom is -0.497 e. The van der Waals surface area contributed by atoms with Crippen LogP contribution >= 0.6 is 0 Å². The van der Waals surface area contributed by atoms with Crippen molar-refractivity contribution in [1.82, 2.24) is 15.2 Å². The van der Waals surface area contributed by atoms with Gasteiger partial charge in [-0.05, 0) is 55.5 Å². The molecule has 2 heterocycles. The molecule has 0 radical (unpaired) electrons. The molecule has 1 amide bonds. The van der Waals surface area contributed by atoms with Crippen molar-refractivity contribution in [1.29, 1.82) is 0 Å². The quantitative estimate of drug-likeness (QED) is 0.409. The molecule has 1 aliphatic rings. The molecule has 4 rings (SSSR count). The van der Waals surface area contributed by atoms with Crippen LogP contribution in [0.2, 0.25) is 0 Å². The maximum atomic E-state index is 12.8. The number of hydrogen-bond donors (Lipinski definition) is 2. The molecule has 1 fully saturated rings. The van der Waals surface area contributed by atoms with E-state index in [1.165, 1.54) is 0 Å². The van der Waals surface area contributed by atoms with Crippen LogP contribution in [0.3, 0.4) is 0 Å². The smallest absolute Gasteiger partial charge is 0.256 e. The number of para-hydroxylation sites is 2. The van der Waals surface area contributed by atoms with Gasteiger partial charge < -0.3 is 29.5 Å². The first-order valence-corrected chi connectivity index (χ1v) is 12.5. The predicted molar refractivity (Wildman–Crippen MR) is 142 cm³/mol. The third-order valence-electron chi connectivity index (χ3n) is 6.14. The zero-order valence-corrected chi connectivity index (χ0v) is 21.3. The van der Waals surface area contributed by atoms with Crippen molar-refractivity contribution in [2.24, 2.45) is 0 Å². The van der Waals surface area contributed by atoms with E-state index in [-0.39, 0.29) is 18.3 Å². The van der Waals surface area contributed by atoms with Gasteiger partial charge in [-0.3, -0.25) is 9.69 Å². The fourth-order valence-electron chi connectivity index (χ4n) is 4.24. The van der Waals surface area contributed by atoms with Crippen molar-refractivity contribution in [2.75, 3.05) is 57.9 Å². The molecule has 1 unspecified atom stereocenters. The fraction of sp³-hybridized carbons (Fsp3) is 0.357. The van der Waals surface area contributed by atoms with E-state index in [9.17, 15) is 9.90 Å². The van der Waals surface area contributed by atoms with Gasteiger partial charge in [0, 0.05) is 45.5 Å². The molecule has 1 aliphatic heterocycles. The van der Waals surface area contributed by atoms with E-state index in [2.05, 4.69) is 26.2 Å². The molecule has 0 aliphatic carbocycles. The molecular weight excluding hydrogens is 472 g/mol. The third kappa shape index (κ3) is 7.12. The predicted octanol–water partition coefficient (Wildman–Crippen LogP) is 3.19. The van der Waals surface area contributed by atoms with Gasteiger partial charge in [-0.1, -0.05) is 12.1 Å². The normalized spacial score (nSPS) is 14.6. The molecular formula is C28H34N4O5. The summed E-state index contributed by atoms with van der Waals surface area (Å²) in [6.45, 7) is 6.52. The van der Waals surface area contributed by atoms with E-state index >= 15 is 0 Å². The summed E-state index contributed by atoms with van der Waals surface area (Å²) in [6.07, 6.45) is 0.866. The Morgan fingerprint density at radius 1 is 1.03 bits per heavy atom. The lowest BCUT2D eigenvalue weighted by Crippen LogP contribution is -2.50. The number of β-amino-alcohol motifs (C(OH)–C–C–N with tert-alkyl or cyclic N) is 1. The van der Waals surface area contributed by atoms with Gasteiger partial charge >= 0.3 is 0 Å². The molecule has 37 heavy (non-hydrogen) atoms. The zero-order chi connectivity index (χ0) is 26.0. The number of ether oxygens (including phenoxy) is 3. The van der Waals surface area contributed by atoms with Crippen LogP contribution in [0.4, 0.5) is 5.69 Å². The molecule has 9 nitrogen and oxygen atoms in total. The van der Waals surface area contributed by atoms with E-state index < -0.39 is 6.10 Å². The number of aliphatic hydroxyl groups is 1. The largest absolute Gasteiger partial charge is 0.497 e. The van der Waals surface area contributed by atoms with E-state index in [1.807, 2.05) is 25.1 Å². The van der Waals surface area contributed by atoms with E-state index in [4.69, 9.17) is 14.2 Å². The number of carbonyl (C=O) groups excluding carboxylic acids is 1. The number of anilines is 1. The minimum atomic E-state index is -0.700. The van der Waals surface area contributed by atoms with E-state index in [0.717, 1.165) is 37.6 Å². The first-order chi connectivity index (χ1) is 18.1. The van der Waals surface area contributed by atoms with Crippen LogP contribution in [0.1, 0.15) is 17.3 Å². The SMILES string of the molecule is CCOc1ccccc1N1CCN(CC(O)CNC(=O)c2cccnc2Oc2ccc(OC)cc2)CC1. The Morgan fingerprint density at radius 3 is 2.49 bits per heavy atom. The summed E-state index contributed by atoms with van der Waals surface area (Å²) in [4.78, 5) is 21.6. The number of aliphatic hydroxyl groups excluding tert-OH is 1. The summed E-state index contributed by atoms with van der Waals surface area (Å²) >= 11 is 0. The van der Waals surface area contributed by atoms with Crippen LogP contribution in [-0.4, -0.2) is 80.0 Å². The number of piperazine rings is 1. The molecule has 196 valence electrons. The monoisotopic (exact) mass is 506 g/mol. The minimum absolute atomic E-state index is 0.128. The first kappa shape index (κ1) is 26.2. The second-order valence-electron chi connectivity index (χ2n) is 8.69. The van der Waals surface area contributed by atoms with Crippen LogP contribution in [0.25, 0.3) is 0 Å². The summed E-state index contributed by atoms with van der Waals surface area (Å²) in [5.74, 6) is 1.98. The van der Waals surface area contributed by atoms with Crippen LogP contribution in [0.15, 0.2) is 66.9 Å². The lowest BCUT2D eigenvalue weighted by Gasteiger charge is -2.37. The van der Waals surface area contributed by atoms with Crippen molar-refractivity contribution in [3.63, 3.8) is 0 Å². The Labute approximate surface area is 217 Å². The van der Waals surface area contributed by atoms with Gasteiger partial charge in [-0.2, -0.15) is 0 Å². The Balaban J connectivity index is 1.26. The van der Waals surface area contributed by atoms with Crippen LogP contribution in [0, 0.1) is 0 Å². The number of amides is 1. The maximum Gasteiger partial charge on any atom is 0.256 e. The number of benzene rings is 2. The highest BCUT2D eigenvalue weighted by Gasteiger charge is 2.22. The van der Waals surface area contributed by atoms with E-state index in [1.54, 1.807) is 49.7 Å². The molecule has 1 atom stereocenters. The highest BCUT2D eigenvalue weighted by molar-refractivity contribution is 5.96. The van der Waals surface area contributed by atoms with Gasteiger partial charge in [-0.25, -0.2) is 4.98 Å². The average Bonchev–Trinajstić information content (AvgIpc) is 2.93. The molecule has 3 aromatic rings. The molecule has 2 aromatic carbocycles. The van der Waals surface area contributed by atoms with Gasteiger partial charge in [0.25, 0.3) is 5.91 Å². The lowest BCUT2D eigenvalue weighted by atomic mass is 10.2. The van der Waals surface area contributed by atoms with Crippen LogP contribution < -0.4 is 24.4 Å². The summed E-state index contributed by atoms with van der Waals surface area (Å²) < 4.78 is 16.7. The second-order valence-corrected chi connectivity index (χ2v) is 8.69. The molecule has 0 saturated carbocycles. The number of nitrogens with one attached hydrogen (secondary N) is 1. The Kier molecular flexibility index (Phi) is 9.18. The van der Waals surface area contributed by atoms with Gasteiger partial charge in [-0.15, -0.1) is 0 Å². The molecule has 1 saturated heterocycles. The number of nitrogens with zero attached hydrogens (tertiary/aromatic N) is 3. The van der Waals surface area contributed by atoms with Crippen LogP contribution in [-0.2, 0) is 0 Å². The average molecular weight is 507 g/mol. The Hall–Kier alpha value is -3.82. The number of aromatic nitrogens is 1. The number of carbonyl (C=O) groups is 1. The van der Waals surface area contributed by atoms with Crippen molar-refractivity contribution in [3.05, 3.63) is 72.4 Å². The molecule has 0 bridgehead atoms. The molecule has 1 aromatic heterocycles. The van der Waals surface area contributed by atoms with Crippen molar-refractivity contribution in [3.8, 4) is 23.1 Å². The standard InChI is InChI=1S/C28H34N4O5/c1-3-36-26-9-5-4-8-25(26)32-17-15-31(16-18-32)20-21(33)19-30-27(34)24-7-6-14-29-28(24)37-23-12-10-22(35-2)11-13-23/h4-14,21,33H,3,15-20H2,1-2H3,(H,30,34). The van der Waals surface area contributed by atoms with Gasteiger partial charge in [0.1, 0.15) is 22.8 Å². The summed E-state index contributed by atoms with van der Waals surface area (Å²) in [6, 6.07) is 18.4. The highest BCUT2D eigenvalue weighted by Crippen LogP contribution is 2.29. The Morgan fingerprint density at radius 2 is 1.76 bits per heavy atom. The topological polar surface area (TPSA) is 96.4 Å². The third-order valence-corrected chi connectivity index (χ3v) is 6.14. The number of methoxy groups -OCH3 is 1. The number of hydrogen-bond acceptors (Lipinski definition) is 8.